The van der Waals surface area contributed by atoms with Gasteiger partial charge in [-0.2, -0.15) is 0 Å². The molecule has 0 spiro atoms. The fraction of sp³-hybridized carbons (Fsp3) is 0.133. The van der Waals surface area contributed by atoms with Crippen molar-refractivity contribution in [3.63, 3.8) is 0 Å². The van der Waals surface area contributed by atoms with Crippen molar-refractivity contribution in [3.8, 4) is 11.1 Å². The number of carbonyl (C=O) groups is 1. The standard InChI is InChI=1S/C15H12OS/c1-17-15(16)14-12-8-4-2-6-10(12)11-7-3-5-9-13(11)14/h2-9,14H,1H3. The Morgan fingerprint density at radius 1 is 0.941 bits per heavy atom. The Balaban J connectivity index is 2.27. The van der Waals surface area contributed by atoms with Crippen molar-refractivity contribution >= 4 is 16.9 Å². The highest BCUT2D eigenvalue weighted by molar-refractivity contribution is 8.13. The van der Waals surface area contributed by atoms with Crippen LogP contribution in [0.3, 0.4) is 0 Å². The third-order valence-corrected chi connectivity index (χ3v) is 3.91. The van der Waals surface area contributed by atoms with Crippen LogP contribution in [0.2, 0.25) is 0 Å². The Hall–Kier alpha value is -1.54. The average Bonchev–Trinajstić information content (AvgIpc) is 2.72. The van der Waals surface area contributed by atoms with Crippen molar-refractivity contribution in [2.45, 2.75) is 5.92 Å². The second kappa shape index (κ2) is 4.04. The highest BCUT2D eigenvalue weighted by Crippen LogP contribution is 2.45. The summed E-state index contributed by atoms with van der Waals surface area (Å²) in [6.45, 7) is 0. The molecule has 0 saturated carbocycles. The summed E-state index contributed by atoms with van der Waals surface area (Å²) in [4.78, 5) is 12.1. The largest absolute Gasteiger partial charge is 0.286 e. The molecule has 2 heteroatoms. The zero-order chi connectivity index (χ0) is 11.8. The van der Waals surface area contributed by atoms with Gasteiger partial charge in [0.2, 0.25) is 5.12 Å². The lowest BCUT2D eigenvalue weighted by Crippen LogP contribution is -2.06. The van der Waals surface area contributed by atoms with Crippen LogP contribution < -0.4 is 0 Å². The van der Waals surface area contributed by atoms with E-state index in [1.54, 1.807) is 0 Å². The fourth-order valence-corrected chi connectivity index (χ4v) is 3.02. The minimum Gasteiger partial charge on any atom is -0.286 e. The molecule has 84 valence electrons. The predicted molar refractivity (Wildman–Crippen MR) is 72.2 cm³/mol. The number of fused-ring (bicyclic) bond motifs is 3. The van der Waals surface area contributed by atoms with Gasteiger partial charge >= 0.3 is 0 Å². The van der Waals surface area contributed by atoms with Crippen LogP contribution in [0.25, 0.3) is 11.1 Å². The van der Waals surface area contributed by atoms with Crippen LogP contribution in [-0.4, -0.2) is 11.4 Å². The first-order valence-electron chi connectivity index (χ1n) is 5.59. The van der Waals surface area contributed by atoms with E-state index < -0.39 is 0 Å². The van der Waals surface area contributed by atoms with Gasteiger partial charge in [0.15, 0.2) is 0 Å². The first kappa shape index (κ1) is 10.6. The Bertz CT molecular complexity index is 543. The Labute approximate surface area is 105 Å². The monoisotopic (exact) mass is 240 g/mol. The van der Waals surface area contributed by atoms with Gasteiger partial charge in [0.1, 0.15) is 0 Å². The number of benzene rings is 2. The van der Waals surface area contributed by atoms with E-state index in [0.29, 0.717) is 0 Å². The molecule has 17 heavy (non-hydrogen) atoms. The lowest BCUT2D eigenvalue weighted by molar-refractivity contribution is -0.111. The fourth-order valence-electron chi connectivity index (χ4n) is 2.53. The number of thioether (sulfide) groups is 1. The van der Waals surface area contributed by atoms with E-state index in [2.05, 4.69) is 24.3 Å². The summed E-state index contributed by atoms with van der Waals surface area (Å²) in [6.07, 6.45) is 1.85. The summed E-state index contributed by atoms with van der Waals surface area (Å²) in [5.41, 5.74) is 4.70. The van der Waals surface area contributed by atoms with E-state index in [1.165, 1.54) is 22.9 Å². The van der Waals surface area contributed by atoms with Gasteiger partial charge in [-0.25, -0.2) is 0 Å². The molecule has 0 heterocycles. The Morgan fingerprint density at radius 2 is 1.41 bits per heavy atom. The van der Waals surface area contributed by atoms with Crippen LogP contribution in [0, 0.1) is 0 Å². The van der Waals surface area contributed by atoms with Crippen LogP contribution in [0.1, 0.15) is 17.0 Å². The van der Waals surface area contributed by atoms with Gasteiger partial charge in [-0.1, -0.05) is 60.3 Å². The molecule has 1 nitrogen and oxygen atoms in total. The van der Waals surface area contributed by atoms with Gasteiger partial charge in [-0.05, 0) is 28.5 Å². The molecular formula is C15H12OS. The van der Waals surface area contributed by atoms with E-state index in [1.807, 2.05) is 30.5 Å². The third-order valence-electron chi connectivity index (χ3n) is 3.27. The molecule has 0 N–H and O–H groups in total. The summed E-state index contributed by atoms with van der Waals surface area (Å²) >= 11 is 1.31. The molecule has 0 unspecified atom stereocenters. The van der Waals surface area contributed by atoms with Crippen LogP contribution in [0.5, 0.6) is 0 Å². The first-order valence-corrected chi connectivity index (χ1v) is 6.81. The highest BCUT2D eigenvalue weighted by atomic mass is 32.2. The van der Waals surface area contributed by atoms with Crippen LogP contribution in [0.4, 0.5) is 0 Å². The van der Waals surface area contributed by atoms with Crippen molar-refractivity contribution < 1.29 is 4.79 Å². The van der Waals surface area contributed by atoms with E-state index in [-0.39, 0.29) is 11.0 Å². The van der Waals surface area contributed by atoms with Crippen LogP contribution >= 0.6 is 11.8 Å². The zero-order valence-corrected chi connectivity index (χ0v) is 10.3. The maximum atomic E-state index is 12.1. The normalized spacial score (nSPS) is 13.2. The smallest absolute Gasteiger partial charge is 0.200 e. The molecule has 0 radical (unpaired) electrons. The van der Waals surface area contributed by atoms with E-state index >= 15 is 0 Å². The number of hydrogen-bond acceptors (Lipinski definition) is 2. The summed E-state index contributed by atoms with van der Waals surface area (Å²) in [5.74, 6) is -0.0857. The molecule has 2 aromatic carbocycles. The molecule has 0 amide bonds. The van der Waals surface area contributed by atoms with Crippen molar-refractivity contribution in [1.82, 2.24) is 0 Å². The first-order chi connectivity index (χ1) is 8.33. The minimum atomic E-state index is -0.0857. The summed E-state index contributed by atoms with van der Waals surface area (Å²) in [7, 11) is 0. The zero-order valence-electron chi connectivity index (χ0n) is 9.51. The van der Waals surface area contributed by atoms with Crippen molar-refractivity contribution in [2.24, 2.45) is 0 Å². The molecule has 0 saturated heterocycles. The van der Waals surface area contributed by atoms with Crippen LogP contribution in [0.15, 0.2) is 48.5 Å². The molecular weight excluding hydrogens is 228 g/mol. The van der Waals surface area contributed by atoms with Crippen LogP contribution in [-0.2, 0) is 4.79 Å². The number of rotatable bonds is 1. The van der Waals surface area contributed by atoms with Crippen molar-refractivity contribution in [1.29, 1.82) is 0 Å². The Morgan fingerprint density at radius 3 is 1.88 bits per heavy atom. The quantitative estimate of drug-likeness (QED) is 0.756. The number of hydrogen-bond donors (Lipinski definition) is 0. The lowest BCUT2D eigenvalue weighted by atomic mass is 9.99. The summed E-state index contributed by atoms with van der Waals surface area (Å²) in [5, 5.41) is 0.224. The molecule has 3 rings (SSSR count). The molecule has 0 fully saturated rings. The molecule has 0 atom stereocenters. The molecule has 0 aromatic heterocycles. The number of carbonyl (C=O) groups excluding carboxylic acids is 1. The van der Waals surface area contributed by atoms with E-state index in [4.69, 9.17) is 0 Å². The Kier molecular flexibility index (Phi) is 2.52. The maximum absolute atomic E-state index is 12.1. The van der Waals surface area contributed by atoms with E-state index in [0.717, 1.165) is 11.1 Å². The summed E-state index contributed by atoms with van der Waals surface area (Å²) < 4.78 is 0. The van der Waals surface area contributed by atoms with Gasteiger partial charge in [0, 0.05) is 0 Å². The molecule has 0 aliphatic heterocycles. The molecule has 1 aliphatic rings. The van der Waals surface area contributed by atoms with E-state index in [9.17, 15) is 4.79 Å². The SMILES string of the molecule is CSC(=O)C1c2ccccc2-c2ccccc21. The maximum Gasteiger partial charge on any atom is 0.200 e. The summed E-state index contributed by atoms with van der Waals surface area (Å²) in [6, 6.07) is 16.4. The van der Waals surface area contributed by atoms with Gasteiger partial charge in [0.05, 0.1) is 5.92 Å². The third kappa shape index (κ3) is 1.52. The predicted octanol–water partition coefficient (Wildman–Crippen LogP) is 3.69. The molecule has 1 aliphatic carbocycles. The van der Waals surface area contributed by atoms with Crippen molar-refractivity contribution in [2.75, 3.05) is 6.26 Å². The van der Waals surface area contributed by atoms with Gasteiger partial charge < -0.3 is 0 Å². The van der Waals surface area contributed by atoms with Crippen molar-refractivity contribution in [3.05, 3.63) is 59.7 Å². The second-order valence-corrected chi connectivity index (χ2v) is 4.94. The lowest BCUT2D eigenvalue weighted by Gasteiger charge is -2.09. The highest BCUT2D eigenvalue weighted by Gasteiger charge is 2.32. The minimum absolute atomic E-state index is 0.0857. The average molecular weight is 240 g/mol. The topological polar surface area (TPSA) is 17.1 Å². The van der Waals surface area contributed by atoms with Gasteiger partial charge in [-0.15, -0.1) is 0 Å². The molecule has 0 bridgehead atoms. The van der Waals surface area contributed by atoms with Gasteiger partial charge in [-0.3, -0.25) is 4.79 Å². The van der Waals surface area contributed by atoms with Gasteiger partial charge in [0.25, 0.3) is 0 Å². The second-order valence-electron chi connectivity index (χ2n) is 4.13. The molecule has 2 aromatic rings.